The average Bonchev–Trinajstić information content (AvgIpc) is 2.41. The minimum atomic E-state index is -0.709. The van der Waals surface area contributed by atoms with Gasteiger partial charge in [0.05, 0.1) is 6.04 Å². The number of anilines is 1. The van der Waals surface area contributed by atoms with Crippen LogP contribution in [0.2, 0.25) is 0 Å². The summed E-state index contributed by atoms with van der Waals surface area (Å²) in [6, 6.07) is 5.96. The van der Waals surface area contributed by atoms with Crippen molar-refractivity contribution in [2.75, 3.05) is 5.32 Å². The van der Waals surface area contributed by atoms with Gasteiger partial charge in [0.15, 0.2) is 5.82 Å². The maximum absolute atomic E-state index is 13.9. The monoisotopic (exact) mass is 279 g/mol. The van der Waals surface area contributed by atoms with Gasteiger partial charge in [-0.05, 0) is 43.7 Å². The molecule has 5 heteroatoms. The van der Waals surface area contributed by atoms with Crippen LogP contribution in [-0.4, -0.2) is 10.2 Å². The van der Waals surface area contributed by atoms with E-state index in [9.17, 15) is 19.0 Å². The van der Waals surface area contributed by atoms with Gasteiger partial charge in [0, 0.05) is 5.56 Å². The quantitative estimate of drug-likeness (QED) is 0.748. The molecule has 2 aromatic carbocycles. The third-order valence-electron chi connectivity index (χ3n) is 3.12. The van der Waals surface area contributed by atoms with Gasteiger partial charge in [-0.3, -0.25) is 0 Å². The van der Waals surface area contributed by atoms with Crippen molar-refractivity contribution in [3.63, 3.8) is 0 Å². The summed E-state index contributed by atoms with van der Waals surface area (Å²) >= 11 is 0. The first kappa shape index (κ1) is 14.1. The summed E-state index contributed by atoms with van der Waals surface area (Å²) in [5.41, 5.74) is 0.423. The number of hydrogen-bond acceptors (Lipinski definition) is 3. The zero-order valence-electron chi connectivity index (χ0n) is 11.1. The van der Waals surface area contributed by atoms with Gasteiger partial charge in [-0.2, -0.15) is 0 Å². The molecule has 106 valence electrons. The van der Waals surface area contributed by atoms with Crippen LogP contribution in [-0.2, 0) is 0 Å². The second kappa shape index (κ2) is 5.36. The Morgan fingerprint density at radius 3 is 2.50 bits per heavy atom. The molecule has 1 atom stereocenters. The molecular weight excluding hydrogens is 264 g/mol. The van der Waals surface area contributed by atoms with Crippen molar-refractivity contribution in [1.82, 2.24) is 0 Å². The maximum Gasteiger partial charge on any atom is 0.152 e. The van der Waals surface area contributed by atoms with Crippen molar-refractivity contribution in [2.24, 2.45) is 0 Å². The molecule has 0 amide bonds. The molecule has 2 aromatic rings. The predicted octanol–water partition coefficient (Wildman–Crippen LogP) is 3.86. The molecule has 20 heavy (non-hydrogen) atoms. The van der Waals surface area contributed by atoms with Gasteiger partial charge in [-0.25, -0.2) is 8.78 Å². The van der Waals surface area contributed by atoms with Gasteiger partial charge in [0.25, 0.3) is 0 Å². The fraction of sp³-hybridized carbons (Fsp3) is 0.200. The number of aryl methyl sites for hydroxylation is 1. The van der Waals surface area contributed by atoms with E-state index in [0.717, 1.165) is 0 Å². The largest absolute Gasteiger partial charge is 0.508 e. The van der Waals surface area contributed by atoms with E-state index in [2.05, 4.69) is 5.32 Å². The SMILES string of the molecule is Cc1ccc(F)c(NC(C)c2cc(O)ccc2O)c1F. The molecule has 0 spiro atoms. The van der Waals surface area contributed by atoms with Gasteiger partial charge < -0.3 is 15.5 Å². The number of rotatable bonds is 3. The number of hydrogen-bond donors (Lipinski definition) is 3. The lowest BCUT2D eigenvalue weighted by Crippen LogP contribution is -2.10. The van der Waals surface area contributed by atoms with Gasteiger partial charge in [0.1, 0.15) is 23.0 Å². The molecule has 0 fully saturated rings. The average molecular weight is 279 g/mol. The van der Waals surface area contributed by atoms with E-state index >= 15 is 0 Å². The van der Waals surface area contributed by atoms with E-state index < -0.39 is 17.7 Å². The highest BCUT2D eigenvalue weighted by molar-refractivity contribution is 5.52. The second-order valence-electron chi connectivity index (χ2n) is 4.66. The van der Waals surface area contributed by atoms with E-state index in [1.165, 1.54) is 37.3 Å². The van der Waals surface area contributed by atoms with Gasteiger partial charge in [-0.1, -0.05) is 6.07 Å². The Balaban J connectivity index is 2.35. The topological polar surface area (TPSA) is 52.5 Å². The molecule has 0 heterocycles. The van der Waals surface area contributed by atoms with Gasteiger partial charge >= 0.3 is 0 Å². The highest BCUT2D eigenvalue weighted by Crippen LogP contribution is 2.32. The van der Waals surface area contributed by atoms with Crippen LogP contribution >= 0.6 is 0 Å². The van der Waals surface area contributed by atoms with Crippen LogP contribution < -0.4 is 5.32 Å². The van der Waals surface area contributed by atoms with Crippen LogP contribution in [0.5, 0.6) is 11.5 Å². The second-order valence-corrected chi connectivity index (χ2v) is 4.66. The summed E-state index contributed by atoms with van der Waals surface area (Å²) in [6.07, 6.45) is 0. The van der Waals surface area contributed by atoms with E-state index in [1.807, 2.05) is 0 Å². The lowest BCUT2D eigenvalue weighted by molar-refractivity contribution is 0.451. The van der Waals surface area contributed by atoms with Crippen molar-refractivity contribution in [2.45, 2.75) is 19.9 Å². The highest BCUT2D eigenvalue weighted by atomic mass is 19.1. The van der Waals surface area contributed by atoms with Crippen molar-refractivity contribution < 1.29 is 19.0 Å². The Hall–Kier alpha value is -2.30. The Labute approximate surface area is 115 Å². The first-order chi connectivity index (χ1) is 9.40. The zero-order chi connectivity index (χ0) is 14.9. The molecule has 0 saturated heterocycles. The minimum Gasteiger partial charge on any atom is -0.508 e. The molecule has 0 aliphatic carbocycles. The minimum absolute atomic E-state index is 0.0309. The van der Waals surface area contributed by atoms with Crippen molar-refractivity contribution >= 4 is 5.69 Å². The lowest BCUT2D eigenvalue weighted by atomic mass is 10.1. The normalized spacial score (nSPS) is 12.2. The van der Waals surface area contributed by atoms with Gasteiger partial charge in [-0.15, -0.1) is 0 Å². The zero-order valence-corrected chi connectivity index (χ0v) is 11.1. The third kappa shape index (κ3) is 2.66. The Kier molecular flexibility index (Phi) is 3.79. The fourth-order valence-corrected chi connectivity index (χ4v) is 1.97. The van der Waals surface area contributed by atoms with Crippen LogP contribution in [0.15, 0.2) is 30.3 Å². The fourth-order valence-electron chi connectivity index (χ4n) is 1.97. The Morgan fingerprint density at radius 2 is 1.80 bits per heavy atom. The summed E-state index contributed by atoms with van der Waals surface area (Å²) in [5, 5.41) is 21.8. The first-order valence-corrected chi connectivity index (χ1v) is 6.13. The predicted molar refractivity (Wildman–Crippen MR) is 72.9 cm³/mol. The number of phenolic OH excluding ortho intramolecular Hbond substituents is 2. The molecule has 1 unspecified atom stereocenters. The number of nitrogens with one attached hydrogen (secondary N) is 1. The smallest absolute Gasteiger partial charge is 0.152 e. The lowest BCUT2D eigenvalue weighted by Gasteiger charge is -2.18. The molecule has 0 bridgehead atoms. The number of phenols is 2. The van der Waals surface area contributed by atoms with Crippen LogP contribution in [0, 0.1) is 18.6 Å². The summed E-state index contributed by atoms with van der Waals surface area (Å²) in [4.78, 5) is 0. The molecule has 0 saturated carbocycles. The van der Waals surface area contributed by atoms with Crippen molar-refractivity contribution in [3.8, 4) is 11.5 Å². The van der Waals surface area contributed by atoms with Gasteiger partial charge in [0.2, 0.25) is 0 Å². The van der Waals surface area contributed by atoms with E-state index in [0.29, 0.717) is 11.1 Å². The molecule has 3 nitrogen and oxygen atoms in total. The van der Waals surface area contributed by atoms with E-state index in [1.54, 1.807) is 6.92 Å². The molecule has 3 N–H and O–H groups in total. The summed E-state index contributed by atoms with van der Waals surface area (Å²) in [7, 11) is 0. The number of aromatic hydroxyl groups is 2. The highest BCUT2D eigenvalue weighted by Gasteiger charge is 2.17. The third-order valence-corrected chi connectivity index (χ3v) is 3.12. The molecule has 0 aliphatic heterocycles. The first-order valence-electron chi connectivity index (χ1n) is 6.13. The van der Waals surface area contributed by atoms with Crippen LogP contribution in [0.25, 0.3) is 0 Å². The van der Waals surface area contributed by atoms with Crippen LogP contribution in [0.1, 0.15) is 24.1 Å². The molecule has 0 aromatic heterocycles. The number of halogens is 2. The number of benzene rings is 2. The summed E-state index contributed by atoms with van der Waals surface area (Å²) in [6.45, 7) is 3.17. The van der Waals surface area contributed by atoms with E-state index in [4.69, 9.17) is 0 Å². The Bertz CT molecular complexity index is 644. The van der Waals surface area contributed by atoms with Crippen LogP contribution in [0.4, 0.5) is 14.5 Å². The van der Waals surface area contributed by atoms with Crippen molar-refractivity contribution in [1.29, 1.82) is 0 Å². The summed E-state index contributed by atoms with van der Waals surface area (Å²) in [5.74, 6) is -1.47. The molecule has 2 rings (SSSR count). The van der Waals surface area contributed by atoms with Crippen molar-refractivity contribution in [3.05, 3.63) is 53.1 Å². The molecule has 0 aliphatic rings. The van der Waals surface area contributed by atoms with E-state index in [-0.39, 0.29) is 17.2 Å². The summed E-state index contributed by atoms with van der Waals surface area (Å²) < 4.78 is 27.6. The van der Waals surface area contributed by atoms with Crippen LogP contribution in [0.3, 0.4) is 0 Å². The molecular formula is C15H15F2NO2. The Morgan fingerprint density at radius 1 is 1.10 bits per heavy atom. The maximum atomic E-state index is 13.9. The standard InChI is InChI=1S/C15H15F2NO2/c1-8-3-5-12(16)15(14(8)17)18-9(2)11-7-10(19)4-6-13(11)20/h3-7,9,18-20H,1-2H3. The molecule has 0 radical (unpaired) electrons.